The van der Waals surface area contributed by atoms with Gasteiger partial charge in [0.05, 0.1) is 4.90 Å². The predicted octanol–water partition coefficient (Wildman–Crippen LogP) is -0.816. The van der Waals surface area contributed by atoms with Crippen LogP contribution in [0.1, 0.15) is 12.0 Å². The summed E-state index contributed by atoms with van der Waals surface area (Å²) in [6.45, 7) is -0.349. The van der Waals surface area contributed by atoms with Crippen LogP contribution >= 0.6 is 0 Å². The van der Waals surface area contributed by atoms with Gasteiger partial charge in [0.15, 0.2) is 0 Å². The molecule has 1 amide bonds. The second-order valence-electron chi connectivity index (χ2n) is 3.60. The first-order valence-electron chi connectivity index (χ1n) is 5.43. The lowest BCUT2D eigenvalue weighted by atomic mass is 10.2. The molecule has 102 valence electrons. The fourth-order valence-electron chi connectivity index (χ4n) is 1.27. The molecule has 0 unspecified atom stereocenters. The van der Waals surface area contributed by atoms with Crippen molar-refractivity contribution in [2.75, 3.05) is 13.2 Å². The summed E-state index contributed by atoms with van der Waals surface area (Å²) in [5, 5.41) is 8.58. The number of nitrogens with one attached hydrogen (secondary N) is 1. The van der Waals surface area contributed by atoms with Crippen molar-refractivity contribution in [1.82, 2.24) is 4.72 Å². The van der Waals surface area contributed by atoms with E-state index in [1.807, 2.05) is 0 Å². The summed E-state index contributed by atoms with van der Waals surface area (Å²) in [6, 6.07) is 5.97. The highest BCUT2D eigenvalue weighted by Crippen LogP contribution is 2.10. The van der Waals surface area contributed by atoms with E-state index >= 15 is 0 Å². The van der Waals surface area contributed by atoms with E-state index in [4.69, 9.17) is 10.8 Å². The number of nitrogens with two attached hydrogens (primary N) is 1. The average Bonchev–Trinajstić information content (AvgIpc) is 2.36. The van der Waals surface area contributed by atoms with Gasteiger partial charge in [-0.15, -0.1) is 0 Å². The minimum Gasteiger partial charge on any atom is -0.384 e. The van der Waals surface area contributed by atoms with Crippen molar-refractivity contribution in [3.05, 3.63) is 29.8 Å². The molecular weight excluding hydrogens is 268 g/mol. The zero-order chi connectivity index (χ0) is 14.3. The first kappa shape index (κ1) is 15.2. The SMILES string of the molecule is NC(=O)CCNS(=O)(=O)c1cccc(C#CCO)c1. The highest BCUT2D eigenvalue weighted by Gasteiger charge is 2.13. The molecule has 0 saturated heterocycles. The number of primary amides is 1. The molecule has 6 nitrogen and oxygen atoms in total. The number of amides is 1. The molecule has 0 spiro atoms. The first-order valence-corrected chi connectivity index (χ1v) is 6.92. The number of hydrogen-bond acceptors (Lipinski definition) is 4. The Kier molecular flexibility index (Phi) is 5.51. The standard InChI is InChI=1S/C12H14N2O4S/c13-12(16)6-7-14-19(17,18)11-5-1-3-10(9-11)4-2-8-15/h1,3,5,9,14-15H,6-8H2,(H2,13,16). The van der Waals surface area contributed by atoms with Crippen molar-refractivity contribution in [2.24, 2.45) is 5.73 Å². The quantitative estimate of drug-likeness (QED) is 0.613. The molecule has 0 radical (unpaired) electrons. The topological polar surface area (TPSA) is 109 Å². The van der Waals surface area contributed by atoms with Crippen molar-refractivity contribution >= 4 is 15.9 Å². The van der Waals surface area contributed by atoms with Gasteiger partial charge in [-0.1, -0.05) is 17.9 Å². The van der Waals surface area contributed by atoms with Crippen LogP contribution in [0.15, 0.2) is 29.2 Å². The molecule has 1 rings (SSSR count). The summed E-state index contributed by atoms with van der Waals surface area (Å²) in [5.41, 5.74) is 5.40. The van der Waals surface area contributed by atoms with Gasteiger partial charge in [0.2, 0.25) is 15.9 Å². The van der Waals surface area contributed by atoms with E-state index < -0.39 is 15.9 Å². The van der Waals surface area contributed by atoms with Gasteiger partial charge >= 0.3 is 0 Å². The molecule has 0 aromatic heterocycles. The van der Waals surface area contributed by atoms with E-state index in [1.165, 1.54) is 12.1 Å². The number of sulfonamides is 1. The molecule has 7 heteroatoms. The van der Waals surface area contributed by atoms with Crippen LogP contribution in [0.25, 0.3) is 0 Å². The predicted molar refractivity (Wildman–Crippen MR) is 69.4 cm³/mol. The summed E-state index contributed by atoms with van der Waals surface area (Å²) >= 11 is 0. The molecule has 0 bridgehead atoms. The third kappa shape index (κ3) is 5.09. The van der Waals surface area contributed by atoms with Crippen molar-refractivity contribution in [3.63, 3.8) is 0 Å². The van der Waals surface area contributed by atoms with E-state index in [0.717, 1.165) is 0 Å². The zero-order valence-corrected chi connectivity index (χ0v) is 10.9. The number of aliphatic hydroxyl groups is 1. The molecule has 0 fully saturated rings. The molecule has 1 aromatic carbocycles. The highest BCUT2D eigenvalue weighted by molar-refractivity contribution is 7.89. The third-order valence-electron chi connectivity index (χ3n) is 2.12. The average molecular weight is 282 g/mol. The number of carbonyl (C=O) groups is 1. The van der Waals surface area contributed by atoms with Gasteiger partial charge in [-0.3, -0.25) is 4.79 Å². The molecular formula is C12H14N2O4S. The van der Waals surface area contributed by atoms with Crippen molar-refractivity contribution in [2.45, 2.75) is 11.3 Å². The summed E-state index contributed by atoms with van der Waals surface area (Å²) in [7, 11) is -3.69. The van der Waals surface area contributed by atoms with Crippen LogP contribution < -0.4 is 10.5 Å². The molecule has 4 N–H and O–H groups in total. The minimum absolute atomic E-state index is 0.0433. The van der Waals surface area contributed by atoms with Gasteiger partial charge in [0, 0.05) is 18.5 Å². The summed E-state index contributed by atoms with van der Waals surface area (Å²) in [4.78, 5) is 10.6. The van der Waals surface area contributed by atoms with Gasteiger partial charge in [0.25, 0.3) is 0 Å². The van der Waals surface area contributed by atoms with Crippen LogP contribution in [-0.4, -0.2) is 32.6 Å². The van der Waals surface area contributed by atoms with Crippen LogP contribution in [-0.2, 0) is 14.8 Å². The van der Waals surface area contributed by atoms with Crippen LogP contribution in [0.3, 0.4) is 0 Å². The van der Waals surface area contributed by atoms with E-state index in [-0.39, 0.29) is 24.5 Å². The minimum atomic E-state index is -3.69. The van der Waals surface area contributed by atoms with E-state index in [0.29, 0.717) is 5.56 Å². The Labute approximate surface area is 111 Å². The molecule has 0 aliphatic heterocycles. The number of rotatable bonds is 5. The number of aliphatic hydroxyl groups excluding tert-OH is 1. The van der Waals surface area contributed by atoms with Crippen LogP contribution in [0, 0.1) is 11.8 Å². The van der Waals surface area contributed by atoms with Gasteiger partial charge in [-0.2, -0.15) is 0 Å². The summed E-state index contributed by atoms with van der Waals surface area (Å²) in [6.07, 6.45) is -0.0662. The second-order valence-corrected chi connectivity index (χ2v) is 5.37. The lowest BCUT2D eigenvalue weighted by molar-refractivity contribution is -0.117. The van der Waals surface area contributed by atoms with E-state index in [9.17, 15) is 13.2 Å². The molecule has 0 heterocycles. The largest absolute Gasteiger partial charge is 0.384 e. The van der Waals surface area contributed by atoms with Gasteiger partial charge in [-0.25, -0.2) is 13.1 Å². The van der Waals surface area contributed by atoms with Crippen molar-refractivity contribution in [3.8, 4) is 11.8 Å². The lowest BCUT2D eigenvalue weighted by Gasteiger charge is -2.05. The molecule has 1 aromatic rings. The Morgan fingerprint density at radius 2 is 2.16 bits per heavy atom. The molecule has 0 aliphatic carbocycles. The Hall–Kier alpha value is -1.88. The lowest BCUT2D eigenvalue weighted by Crippen LogP contribution is -2.28. The van der Waals surface area contributed by atoms with Gasteiger partial charge in [-0.05, 0) is 18.2 Å². The number of carbonyl (C=O) groups excluding carboxylic acids is 1. The maximum absolute atomic E-state index is 11.9. The van der Waals surface area contributed by atoms with Gasteiger partial charge < -0.3 is 10.8 Å². The Morgan fingerprint density at radius 1 is 1.42 bits per heavy atom. The summed E-state index contributed by atoms with van der Waals surface area (Å²) in [5.74, 6) is 4.47. The monoisotopic (exact) mass is 282 g/mol. The Morgan fingerprint density at radius 3 is 2.79 bits per heavy atom. The summed E-state index contributed by atoms with van der Waals surface area (Å²) < 4.78 is 26.0. The normalized spacial score (nSPS) is 10.6. The smallest absolute Gasteiger partial charge is 0.240 e. The van der Waals surface area contributed by atoms with E-state index in [1.54, 1.807) is 12.1 Å². The van der Waals surface area contributed by atoms with Crippen LogP contribution in [0.4, 0.5) is 0 Å². The molecule has 0 saturated carbocycles. The zero-order valence-electron chi connectivity index (χ0n) is 10.1. The fourth-order valence-corrected chi connectivity index (χ4v) is 2.35. The molecule has 19 heavy (non-hydrogen) atoms. The number of hydrogen-bond donors (Lipinski definition) is 3. The van der Waals surface area contributed by atoms with Crippen molar-refractivity contribution < 1.29 is 18.3 Å². The maximum Gasteiger partial charge on any atom is 0.240 e. The number of benzene rings is 1. The molecule has 0 aliphatic rings. The first-order chi connectivity index (χ1) is 8.95. The van der Waals surface area contributed by atoms with Crippen LogP contribution in [0.5, 0.6) is 0 Å². The Bertz CT molecular complexity index is 614. The maximum atomic E-state index is 11.9. The Balaban J connectivity index is 2.86. The second kappa shape index (κ2) is 6.89. The third-order valence-corrected chi connectivity index (χ3v) is 3.58. The van der Waals surface area contributed by atoms with Gasteiger partial charge in [0.1, 0.15) is 6.61 Å². The molecule has 0 atom stereocenters. The van der Waals surface area contributed by atoms with Crippen molar-refractivity contribution in [1.29, 1.82) is 0 Å². The fraction of sp³-hybridized carbons (Fsp3) is 0.250. The highest BCUT2D eigenvalue weighted by atomic mass is 32.2. The van der Waals surface area contributed by atoms with E-state index in [2.05, 4.69) is 16.6 Å². The van der Waals surface area contributed by atoms with Crippen LogP contribution in [0.2, 0.25) is 0 Å².